The first-order valence-corrected chi connectivity index (χ1v) is 5.03. The van der Waals surface area contributed by atoms with Gasteiger partial charge in [-0.2, -0.15) is 0 Å². The number of rotatable bonds is 3. The molecule has 5 heteroatoms. The Kier molecular flexibility index (Phi) is 2.59. The monoisotopic (exact) mass is 233 g/mol. The van der Waals surface area contributed by atoms with E-state index in [1.54, 1.807) is 25.3 Å². The third kappa shape index (κ3) is 1.99. The molecule has 0 aliphatic rings. The topological polar surface area (TPSA) is 79.5 Å². The molecule has 2 aromatic rings. The van der Waals surface area contributed by atoms with E-state index < -0.39 is 11.9 Å². The summed E-state index contributed by atoms with van der Waals surface area (Å²) in [6, 6.07) is 5.10. The van der Waals surface area contributed by atoms with Gasteiger partial charge in [0, 0.05) is 11.6 Å². The summed E-state index contributed by atoms with van der Waals surface area (Å²) in [5.41, 5.74) is 1.42. The van der Waals surface area contributed by atoms with Crippen molar-refractivity contribution >= 4 is 22.8 Å². The number of carbonyl (C=O) groups is 2. The van der Waals surface area contributed by atoms with E-state index in [4.69, 9.17) is 10.2 Å². The highest BCUT2D eigenvalue weighted by Crippen LogP contribution is 2.22. The van der Waals surface area contributed by atoms with E-state index in [0.717, 1.165) is 10.9 Å². The van der Waals surface area contributed by atoms with Crippen molar-refractivity contribution in [2.75, 3.05) is 0 Å². The van der Waals surface area contributed by atoms with Gasteiger partial charge in [-0.1, -0.05) is 0 Å². The smallest absolute Gasteiger partial charge is 0.337 e. The molecule has 0 aliphatic carbocycles. The summed E-state index contributed by atoms with van der Waals surface area (Å²) < 4.78 is 1.43. The van der Waals surface area contributed by atoms with Gasteiger partial charge in [-0.05, 0) is 30.7 Å². The van der Waals surface area contributed by atoms with Gasteiger partial charge in [0.25, 0.3) is 0 Å². The summed E-state index contributed by atoms with van der Waals surface area (Å²) in [5, 5.41) is 18.6. The minimum Gasteiger partial charge on any atom is -0.480 e. The molecule has 0 unspecified atom stereocenters. The number of carboxylic acids is 2. The summed E-state index contributed by atoms with van der Waals surface area (Å²) in [4.78, 5) is 21.8. The van der Waals surface area contributed by atoms with Crippen molar-refractivity contribution in [2.24, 2.45) is 0 Å². The van der Waals surface area contributed by atoms with E-state index in [-0.39, 0.29) is 12.1 Å². The maximum Gasteiger partial charge on any atom is 0.337 e. The zero-order valence-electron chi connectivity index (χ0n) is 9.17. The number of carboxylic acid groups (broad SMARTS) is 2. The Morgan fingerprint density at radius 2 is 2.00 bits per heavy atom. The van der Waals surface area contributed by atoms with Gasteiger partial charge < -0.3 is 14.8 Å². The third-order valence-corrected chi connectivity index (χ3v) is 2.54. The fourth-order valence-electron chi connectivity index (χ4n) is 1.94. The molecule has 0 radical (unpaired) electrons. The lowest BCUT2D eigenvalue weighted by molar-refractivity contribution is -0.137. The van der Waals surface area contributed by atoms with Crippen LogP contribution in [0.3, 0.4) is 0 Å². The van der Waals surface area contributed by atoms with Crippen molar-refractivity contribution in [1.29, 1.82) is 0 Å². The second kappa shape index (κ2) is 3.93. The van der Waals surface area contributed by atoms with E-state index in [1.165, 1.54) is 4.57 Å². The summed E-state index contributed by atoms with van der Waals surface area (Å²) in [5.74, 6) is -2.05. The van der Waals surface area contributed by atoms with Crippen molar-refractivity contribution in [3.05, 3.63) is 35.5 Å². The van der Waals surface area contributed by atoms with E-state index in [1.807, 2.05) is 6.07 Å². The number of aryl methyl sites for hydroxylation is 1. The van der Waals surface area contributed by atoms with Gasteiger partial charge in [-0.25, -0.2) is 4.79 Å². The van der Waals surface area contributed by atoms with Crippen LogP contribution in [-0.2, 0) is 11.3 Å². The van der Waals surface area contributed by atoms with Gasteiger partial charge >= 0.3 is 11.9 Å². The Bertz CT molecular complexity index is 612. The molecule has 0 bridgehead atoms. The first kappa shape index (κ1) is 11.2. The molecule has 0 saturated heterocycles. The maximum absolute atomic E-state index is 11.1. The number of nitrogens with zero attached hydrogens (tertiary/aromatic N) is 1. The molecule has 1 aromatic heterocycles. The normalized spacial score (nSPS) is 10.6. The molecule has 2 rings (SSSR count). The Labute approximate surface area is 96.9 Å². The van der Waals surface area contributed by atoms with Crippen LogP contribution in [0, 0.1) is 6.92 Å². The maximum atomic E-state index is 11.1. The van der Waals surface area contributed by atoms with E-state index >= 15 is 0 Å². The lowest BCUT2D eigenvalue weighted by atomic mass is 10.1. The Morgan fingerprint density at radius 1 is 1.29 bits per heavy atom. The standard InChI is InChI=1S/C12H11NO4/c1-7-4-8-2-3-13(6-10(14)15)11(8)9(5-7)12(16)17/h2-5H,6H2,1H3,(H,14,15)(H,16,17). The van der Waals surface area contributed by atoms with Crippen molar-refractivity contribution in [3.8, 4) is 0 Å². The highest BCUT2D eigenvalue weighted by Gasteiger charge is 2.14. The van der Waals surface area contributed by atoms with Crippen LogP contribution < -0.4 is 0 Å². The second-order valence-corrected chi connectivity index (χ2v) is 3.89. The predicted molar refractivity (Wildman–Crippen MR) is 61.3 cm³/mol. The molecule has 0 saturated carbocycles. The van der Waals surface area contributed by atoms with Crippen LogP contribution in [0.2, 0.25) is 0 Å². The molecule has 1 heterocycles. The average molecular weight is 233 g/mol. The van der Waals surface area contributed by atoms with Gasteiger partial charge in [0.05, 0.1) is 11.1 Å². The third-order valence-electron chi connectivity index (χ3n) is 2.54. The minimum absolute atomic E-state index is 0.131. The molecular weight excluding hydrogens is 222 g/mol. The van der Waals surface area contributed by atoms with Crippen LogP contribution >= 0.6 is 0 Å². The summed E-state index contributed by atoms with van der Waals surface area (Å²) >= 11 is 0. The summed E-state index contributed by atoms with van der Waals surface area (Å²) in [6.45, 7) is 1.56. The number of hydrogen-bond donors (Lipinski definition) is 2. The van der Waals surface area contributed by atoms with Crippen LogP contribution in [0.5, 0.6) is 0 Å². The highest BCUT2D eigenvalue weighted by molar-refractivity contribution is 6.03. The Morgan fingerprint density at radius 3 is 2.59 bits per heavy atom. The fourth-order valence-corrected chi connectivity index (χ4v) is 1.94. The van der Waals surface area contributed by atoms with Crippen molar-refractivity contribution in [3.63, 3.8) is 0 Å². The highest BCUT2D eigenvalue weighted by atomic mass is 16.4. The summed E-state index contributed by atoms with van der Waals surface area (Å²) in [6.07, 6.45) is 1.59. The predicted octanol–water partition coefficient (Wildman–Crippen LogP) is 1.73. The quantitative estimate of drug-likeness (QED) is 0.846. The van der Waals surface area contributed by atoms with Crippen LogP contribution in [0.4, 0.5) is 0 Å². The molecular formula is C12H11NO4. The SMILES string of the molecule is Cc1cc(C(=O)O)c2c(ccn2CC(=O)O)c1. The van der Waals surface area contributed by atoms with Crippen LogP contribution in [-0.4, -0.2) is 26.7 Å². The summed E-state index contributed by atoms with van der Waals surface area (Å²) in [7, 11) is 0. The molecule has 0 spiro atoms. The molecule has 17 heavy (non-hydrogen) atoms. The number of aromatic nitrogens is 1. The average Bonchev–Trinajstić information content (AvgIpc) is 2.59. The van der Waals surface area contributed by atoms with Gasteiger partial charge in [0.1, 0.15) is 6.54 Å². The van der Waals surface area contributed by atoms with Gasteiger partial charge in [-0.15, -0.1) is 0 Å². The Balaban J connectivity index is 2.72. The molecule has 0 amide bonds. The van der Waals surface area contributed by atoms with Crippen LogP contribution in [0.15, 0.2) is 24.4 Å². The zero-order chi connectivity index (χ0) is 12.6. The van der Waals surface area contributed by atoms with Crippen molar-refractivity contribution < 1.29 is 19.8 Å². The number of hydrogen-bond acceptors (Lipinski definition) is 2. The second-order valence-electron chi connectivity index (χ2n) is 3.89. The molecule has 5 nitrogen and oxygen atoms in total. The lowest BCUT2D eigenvalue weighted by Crippen LogP contribution is -2.10. The lowest BCUT2D eigenvalue weighted by Gasteiger charge is -2.06. The largest absolute Gasteiger partial charge is 0.480 e. The number of aliphatic carboxylic acids is 1. The molecule has 0 aliphatic heterocycles. The number of benzene rings is 1. The van der Waals surface area contributed by atoms with Gasteiger partial charge in [0.2, 0.25) is 0 Å². The van der Waals surface area contributed by atoms with Gasteiger partial charge in [0.15, 0.2) is 0 Å². The van der Waals surface area contributed by atoms with E-state index in [2.05, 4.69) is 0 Å². The minimum atomic E-state index is -1.05. The van der Waals surface area contributed by atoms with Crippen LogP contribution in [0.25, 0.3) is 10.9 Å². The first-order valence-electron chi connectivity index (χ1n) is 5.03. The molecule has 0 atom stereocenters. The number of fused-ring (bicyclic) bond motifs is 1. The molecule has 88 valence electrons. The first-order chi connectivity index (χ1) is 7.99. The van der Waals surface area contributed by atoms with E-state index in [0.29, 0.717) is 5.52 Å². The number of aromatic carboxylic acids is 1. The zero-order valence-corrected chi connectivity index (χ0v) is 9.17. The fraction of sp³-hybridized carbons (Fsp3) is 0.167. The van der Waals surface area contributed by atoms with Crippen molar-refractivity contribution in [2.45, 2.75) is 13.5 Å². The van der Waals surface area contributed by atoms with Gasteiger partial charge in [-0.3, -0.25) is 4.79 Å². The molecule has 0 fully saturated rings. The molecule has 2 N–H and O–H groups in total. The molecule has 1 aromatic carbocycles. The van der Waals surface area contributed by atoms with Crippen molar-refractivity contribution in [1.82, 2.24) is 4.57 Å². The van der Waals surface area contributed by atoms with Crippen LogP contribution in [0.1, 0.15) is 15.9 Å². The Hall–Kier alpha value is -2.30. The van der Waals surface area contributed by atoms with E-state index in [9.17, 15) is 9.59 Å².